The molecule has 0 aliphatic heterocycles. The molecule has 0 N–H and O–H groups in total. The Kier molecular flexibility index (Phi) is 91.2. The molecule has 96 heavy (non-hydrogen) atoms. The summed E-state index contributed by atoms with van der Waals surface area (Å²) in [6.45, 7) is 9.33. The van der Waals surface area contributed by atoms with Gasteiger partial charge < -0.3 is 0 Å². The molecule has 0 radical (unpaired) electrons. The van der Waals surface area contributed by atoms with Crippen LogP contribution < -0.4 is 0 Å². The smallest absolute Gasteiger partial charge is 0.0160 e. The summed E-state index contributed by atoms with van der Waals surface area (Å²) in [5.74, 6) is 7.09. The van der Waals surface area contributed by atoms with Crippen LogP contribution in [0.2, 0.25) is 0 Å². The summed E-state index contributed by atoms with van der Waals surface area (Å²) in [7, 11) is 0. The van der Waals surface area contributed by atoms with E-state index in [1.165, 1.54) is 562 Å². The van der Waals surface area contributed by atoms with Crippen molar-refractivity contribution in [1.29, 1.82) is 0 Å². The lowest BCUT2D eigenvalue weighted by Gasteiger charge is -2.34. The van der Waals surface area contributed by atoms with Crippen LogP contribution in [0, 0.1) is 0 Å². The van der Waals surface area contributed by atoms with Gasteiger partial charge in [-0.2, -0.15) is 35.3 Å². The van der Waals surface area contributed by atoms with Crippen molar-refractivity contribution >= 4 is 35.3 Å². The standard InChI is InChI=1S/C93H188S3/c1-5-9-13-17-21-25-29-31-36-41-46-53-61-69-77-85-93(96-92-84-76-68-60-52-30-26-22-18-14-10-6-2,86-78-70-62-54-47-42-37-32-34-39-44-50-58-66-74-82-90-94-88-80-72-64-56-28-24-20-16-12-8-4)87-79-71-63-55-48-43-38-33-35-40-45-51-59-67-75-83-91-95-89-81-73-65-57-49-27-23-19-15-11-7-3/h5-92H2,1-4H3. The first kappa shape index (κ1) is 97.0. The van der Waals surface area contributed by atoms with Gasteiger partial charge >= 0.3 is 0 Å². The Balaban J connectivity index is 4.70. The number of hydrogen-bond donors (Lipinski definition) is 0. The van der Waals surface area contributed by atoms with Gasteiger partial charge in [-0.3, -0.25) is 0 Å². The van der Waals surface area contributed by atoms with E-state index < -0.39 is 0 Å². The van der Waals surface area contributed by atoms with E-state index in [1.807, 2.05) is 0 Å². The highest BCUT2D eigenvalue weighted by Crippen LogP contribution is 2.42. The van der Waals surface area contributed by atoms with Crippen LogP contribution >= 0.6 is 35.3 Å². The van der Waals surface area contributed by atoms with E-state index in [1.54, 1.807) is 0 Å². The molecule has 0 aromatic heterocycles. The molecule has 0 saturated carbocycles. The molecule has 0 aliphatic rings. The molecule has 0 aliphatic carbocycles. The highest BCUT2D eigenvalue weighted by molar-refractivity contribution is 8.00. The minimum absolute atomic E-state index is 0.559. The van der Waals surface area contributed by atoms with Gasteiger partial charge in [-0.25, -0.2) is 0 Å². The van der Waals surface area contributed by atoms with Crippen molar-refractivity contribution in [2.45, 2.75) is 565 Å². The molecule has 0 fully saturated rings. The monoisotopic (exact) mass is 1400 g/mol. The third-order valence-corrected chi connectivity index (χ3v) is 26.5. The molecule has 0 aromatic rings. The predicted octanol–water partition coefficient (Wildman–Crippen LogP) is 36.4. The van der Waals surface area contributed by atoms with E-state index in [4.69, 9.17) is 0 Å². The molecule has 0 bridgehead atoms. The zero-order chi connectivity index (χ0) is 68.8. The number of hydrogen-bond acceptors (Lipinski definition) is 3. The third-order valence-electron chi connectivity index (χ3n) is 22.5. The van der Waals surface area contributed by atoms with Crippen LogP contribution in [0.3, 0.4) is 0 Å². The van der Waals surface area contributed by atoms with Gasteiger partial charge in [0, 0.05) is 4.75 Å². The molecule has 0 rings (SSSR count). The normalized spacial score (nSPS) is 12.5. The van der Waals surface area contributed by atoms with Crippen molar-refractivity contribution in [3.63, 3.8) is 0 Å². The molecule has 1 unspecified atom stereocenters. The largest absolute Gasteiger partial charge is 0.162 e. The second-order valence-corrected chi connectivity index (χ2v) is 36.4. The van der Waals surface area contributed by atoms with Gasteiger partial charge in [0.05, 0.1) is 0 Å². The molecule has 0 heterocycles. The minimum Gasteiger partial charge on any atom is -0.162 e. The number of rotatable bonds is 91. The first-order chi connectivity index (χ1) is 47.7. The summed E-state index contributed by atoms with van der Waals surface area (Å²) in [6, 6.07) is 0. The average molecular weight is 1400 g/mol. The minimum atomic E-state index is 0.559. The molecule has 0 spiro atoms. The Labute approximate surface area is 625 Å². The zero-order valence-electron chi connectivity index (χ0n) is 68.0. The number of thioether (sulfide) groups is 3. The van der Waals surface area contributed by atoms with Gasteiger partial charge in [0.1, 0.15) is 0 Å². The van der Waals surface area contributed by atoms with E-state index >= 15 is 0 Å². The van der Waals surface area contributed by atoms with E-state index in [9.17, 15) is 0 Å². The fraction of sp³-hybridized carbons (Fsp3) is 1.00. The fourth-order valence-electron chi connectivity index (χ4n) is 15.7. The highest BCUT2D eigenvalue weighted by Gasteiger charge is 2.29. The molecule has 1 atom stereocenters. The van der Waals surface area contributed by atoms with Crippen LogP contribution in [0.4, 0.5) is 0 Å². The second kappa shape index (κ2) is 90.3. The summed E-state index contributed by atoms with van der Waals surface area (Å²) >= 11 is 7.01. The topological polar surface area (TPSA) is 0 Å². The van der Waals surface area contributed by atoms with Crippen molar-refractivity contribution < 1.29 is 0 Å². The SMILES string of the molecule is CCCCCCCCCCCCCCCCCC(CCCCCCCCCCCCCCCCCCSCCCCCCCCCCCC)(CCCCCCCCCCCCCCCCCCSCCCCCCCCCCCCC)SCCCCCCCCCCCCCC. The Morgan fingerprint density at radius 2 is 0.240 bits per heavy atom. The molecular formula is C93H188S3. The Bertz CT molecular complexity index is 1300. The van der Waals surface area contributed by atoms with Gasteiger partial charge in [0.2, 0.25) is 0 Å². The maximum Gasteiger partial charge on any atom is 0.0160 e. The predicted molar refractivity (Wildman–Crippen MR) is 456 cm³/mol. The summed E-state index contributed by atoms with van der Waals surface area (Å²) in [5.41, 5.74) is 0. The van der Waals surface area contributed by atoms with Crippen molar-refractivity contribution in [3.8, 4) is 0 Å². The van der Waals surface area contributed by atoms with Gasteiger partial charge in [-0.1, -0.05) is 509 Å². The van der Waals surface area contributed by atoms with E-state index in [0.717, 1.165) is 0 Å². The number of unbranched alkanes of at least 4 members (excludes halogenated alkanes) is 74. The maximum absolute atomic E-state index is 2.52. The highest BCUT2D eigenvalue weighted by atomic mass is 32.2. The van der Waals surface area contributed by atoms with Crippen molar-refractivity contribution in [3.05, 3.63) is 0 Å². The van der Waals surface area contributed by atoms with Crippen LogP contribution in [0.25, 0.3) is 0 Å². The Morgan fingerprint density at radius 1 is 0.125 bits per heavy atom. The van der Waals surface area contributed by atoms with Crippen LogP contribution in [0.5, 0.6) is 0 Å². The third kappa shape index (κ3) is 84.0. The van der Waals surface area contributed by atoms with Crippen molar-refractivity contribution in [1.82, 2.24) is 0 Å². The molecule has 0 nitrogen and oxygen atoms in total. The quantitative estimate of drug-likeness (QED) is 0.0557. The van der Waals surface area contributed by atoms with Crippen molar-refractivity contribution in [2.75, 3.05) is 28.8 Å². The Morgan fingerprint density at radius 3 is 0.385 bits per heavy atom. The van der Waals surface area contributed by atoms with Crippen LogP contribution in [0.15, 0.2) is 0 Å². The van der Waals surface area contributed by atoms with Gasteiger partial charge in [-0.05, 0) is 80.1 Å². The van der Waals surface area contributed by atoms with Crippen molar-refractivity contribution in [2.24, 2.45) is 0 Å². The van der Waals surface area contributed by atoms with E-state index in [-0.39, 0.29) is 0 Å². The van der Waals surface area contributed by atoms with Gasteiger partial charge in [0.25, 0.3) is 0 Å². The molecule has 0 saturated heterocycles. The van der Waals surface area contributed by atoms with Crippen LogP contribution in [-0.2, 0) is 0 Å². The summed E-state index contributed by atoms with van der Waals surface area (Å²) in [4.78, 5) is 0. The molecular weight excluding hydrogens is 1210 g/mol. The molecule has 0 amide bonds. The molecule has 578 valence electrons. The lowest BCUT2D eigenvalue weighted by Crippen LogP contribution is -2.26. The average Bonchev–Trinajstić information content (AvgIpc) is 1.21. The van der Waals surface area contributed by atoms with Gasteiger partial charge in [-0.15, -0.1) is 0 Å². The van der Waals surface area contributed by atoms with Gasteiger partial charge in [0.15, 0.2) is 0 Å². The van der Waals surface area contributed by atoms with E-state index in [0.29, 0.717) is 4.75 Å². The second-order valence-electron chi connectivity index (χ2n) is 32.4. The fourth-order valence-corrected chi connectivity index (χ4v) is 19.3. The lowest BCUT2D eigenvalue weighted by atomic mass is 9.88. The Hall–Kier alpha value is 1.05. The maximum atomic E-state index is 2.52. The van der Waals surface area contributed by atoms with Crippen LogP contribution in [-0.4, -0.2) is 33.5 Å². The van der Waals surface area contributed by atoms with Crippen LogP contribution in [0.1, 0.15) is 561 Å². The van der Waals surface area contributed by atoms with E-state index in [2.05, 4.69) is 63.0 Å². The zero-order valence-corrected chi connectivity index (χ0v) is 70.4. The lowest BCUT2D eigenvalue weighted by molar-refractivity contribution is 0.401. The first-order valence-electron chi connectivity index (χ1n) is 46.5. The summed E-state index contributed by atoms with van der Waals surface area (Å²) in [5, 5.41) is 0. The molecule has 0 aromatic carbocycles. The molecule has 3 heteroatoms. The summed E-state index contributed by atoms with van der Waals surface area (Å²) in [6.07, 6.45) is 123. The first-order valence-corrected chi connectivity index (χ1v) is 49.8. The summed E-state index contributed by atoms with van der Waals surface area (Å²) < 4.78 is 0.559.